The Morgan fingerprint density at radius 1 is 1.20 bits per heavy atom. The van der Waals surface area contributed by atoms with E-state index in [4.69, 9.17) is 9.47 Å². The minimum atomic E-state index is -0.00212. The van der Waals surface area contributed by atoms with Crippen LogP contribution in [0.25, 0.3) is 0 Å². The Kier molecular flexibility index (Phi) is 6.72. The SMILES string of the molecule is COc1ncnc(OC)c1CNCCNC(=O)C(C)C. The highest BCUT2D eigenvalue weighted by molar-refractivity contribution is 5.77. The van der Waals surface area contributed by atoms with Crippen molar-refractivity contribution in [2.24, 2.45) is 5.92 Å². The molecule has 2 N–H and O–H groups in total. The van der Waals surface area contributed by atoms with Crippen molar-refractivity contribution < 1.29 is 14.3 Å². The van der Waals surface area contributed by atoms with E-state index in [1.807, 2.05) is 13.8 Å². The highest BCUT2D eigenvalue weighted by Gasteiger charge is 2.12. The molecule has 1 aromatic heterocycles. The fraction of sp³-hybridized carbons (Fsp3) is 0.615. The maximum atomic E-state index is 11.4. The van der Waals surface area contributed by atoms with Crippen LogP contribution in [-0.4, -0.2) is 43.2 Å². The first-order valence-electron chi connectivity index (χ1n) is 6.50. The van der Waals surface area contributed by atoms with Gasteiger partial charge in [0.15, 0.2) is 0 Å². The van der Waals surface area contributed by atoms with Crippen molar-refractivity contribution in [3.63, 3.8) is 0 Å². The van der Waals surface area contributed by atoms with Gasteiger partial charge in [0.05, 0.1) is 19.8 Å². The number of carbonyl (C=O) groups excluding carboxylic acids is 1. The second-order valence-electron chi connectivity index (χ2n) is 4.49. The second-order valence-corrected chi connectivity index (χ2v) is 4.49. The summed E-state index contributed by atoms with van der Waals surface area (Å²) < 4.78 is 10.3. The molecule has 112 valence electrons. The average molecular weight is 282 g/mol. The second kappa shape index (κ2) is 8.31. The maximum Gasteiger partial charge on any atom is 0.224 e. The van der Waals surface area contributed by atoms with Crippen LogP contribution in [0.15, 0.2) is 6.33 Å². The van der Waals surface area contributed by atoms with Crippen LogP contribution in [0, 0.1) is 5.92 Å². The van der Waals surface area contributed by atoms with Gasteiger partial charge < -0.3 is 20.1 Å². The van der Waals surface area contributed by atoms with Gasteiger partial charge in [-0.15, -0.1) is 0 Å². The first-order valence-corrected chi connectivity index (χ1v) is 6.50. The van der Waals surface area contributed by atoms with Gasteiger partial charge >= 0.3 is 0 Å². The van der Waals surface area contributed by atoms with E-state index >= 15 is 0 Å². The normalized spacial score (nSPS) is 10.4. The molecule has 0 saturated carbocycles. The average Bonchev–Trinajstić information content (AvgIpc) is 2.46. The first kappa shape index (κ1) is 16.2. The van der Waals surface area contributed by atoms with Gasteiger partial charge in [-0.25, -0.2) is 9.97 Å². The summed E-state index contributed by atoms with van der Waals surface area (Å²) in [6.07, 6.45) is 1.39. The minimum Gasteiger partial charge on any atom is -0.481 e. The maximum absolute atomic E-state index is 11.4. The van der Waals surface area contributed by atoms with Crippen LogP contribution in [-0.2, 0) is 11.3 Å². The number of hydrogen-bond acceptors (Lipinski definition) is 6. The summed E-state index contributed by atoms with van der Waals surface area (Å²) in [5.41, 5.74) is 0.757. The van der Waals surface area contributed by atoms with Crippen molar-refractivity contribution in [3.05, 3.63) is 11.9 Å². The molecular weight excluding hydrogens is 260 g/mol. The molecule has 0 aliphatic heterocycles. The zero-order chi connectivity index (χ0) is 15.0. The Bertz CT molecular complexity index is 415. The molecule has 20 heavy (non-hydrogen) atoms. The molecule has 0 aromatic carbocycles. The van der Waals surface area contributed by atoms with E-state index in [9.17, 15) is 4.79 Å². The van der Waals surface area contributed by atoms with E-state index in [1.54, 1.807) is 14.2 Å². The number of hydrogen-bond donors (Lipinski definition) is 2. The van der Waals surface area contributed by atoms with Gasteiger partial charge in [0.1, 0.15) is 6.33 Å². The molecule has 0 aliphatic carbocycles. The van der Waals surface area contributed by atoms with Crippen LogP contribution in [0.4, 0.5) is 0 Å². The van der Waals surface area contributed by atoms with Crippen LogP contribution in [0.5, 0.6) is 11.8 Å². The van der Waals surface area contributed by atoms with Gasteiger partial charge in [-0.05, 0) is 0 Å². The molecule has 0 radical (unpaired) electrons. The van der Waals surface area contributed by atoms with Gasteiger partial charge in [0.2, 0.25) is 17.7 Å². The Morgan fingerprint density at radius 2 is 1.80 bits per heavy atom. The monoisotopic (exact) mass is 282 g/mol. The molecule has 0 fully saturated rings. The smallest absolute Gasteiger partial charge is 0.224 e. The zero-order valence-corrected chi connectivity index (χ0v) is 12.4. The summed E-state index contributed by atoms with van der Waals surface area (Å²) in [5.74, 6) is 1.01. The van der Waals surface area contributed by atoms with Crippen molar-refractivity contribution in [1.82, 2.24) is 20.6 Å². The molecule has 0 unspecified atom stereocenters. The first-order chi connectivity index (χ1) is 9.60. The van der Waals surface area contributed by atoms with Crippen LogP contribution in [0.1, 0.15) is 19.4 Å². The quantitative estimate of drug-likeness (QED) is 0.669. The van der Waals surface area contributed by atoms with E-state index < -0.39 is 0 Å². The molecular formula is C13H22N4O3. The predicted molar refractivity (Wildman–Crippen MR) is 74.7 cm³/mol. The van der Waals surface area contributed by atoms with E-state index in [2.05, 4.69) is 20.6 Å². The highest BCUT2D eigenvalue weighted by Crippen LogP contribution is 2.22. The topological polar surface area (TPSA) is 85.4 Å². The fourth-order valence-corrected chi connectivity index (χ4v) is 1.58. The van der Waals surface area contributed by atoms with E-state index in [0.717, 1.165) is 5.56 Å². The van der Waals surface area contributed by atoms with Crippen molar-refractivity contribution in [2.75, 3.05) is 27.3 Å². The standard InChI is InChI=1S/C13H22N4O3/c1-9(2)11(18)15-6-5-14-7-10-12(19-3)16-8-17-13(10)20-4/h8-9,14H,5-7H2,1-4H3,(H,15,18). The summed E-state index contributed by atoms with van der Waals surface area (Å²) in [4.78, 5) is 19.4. The van der Waals surface area contributed by atoms with Crippen LogP contribution < -0.4 is 20.1 Å². The lowest BCUT2D eigenvalue weighted by molar-refractivity contribution is -0.123. The molecule has 7 nitrogen and oxygen atoms in total. The highest BCUT2D eigenvalue weighted by atomic mass is 16.5. The van der Waals surface area contributed by atoms with Gasteiger partial charge in [-0.1, -0.05) is 13.8 Å². The Balaban J connectivity index is 2.44. The molecule has 1 amide bonds. The number of nitrogens with zero attached hydrogens (tertiary/aromatic N) is 2. The fourth-order valence-electron chi connectivity index (χ4n) is 1.58. The van der Waals surface area contributed by atoms with E-state index in [0.29, 0.717) is 31.4 Å². The minimum absolute atomic E-state index is 0.00212. The number of nitrogens with one attached hydrogen (secondary N) is 2. The van der Waals surface area contributed by atoms with Crippen LogP contribution in [0.2, 0.25) is 0 Å². The lowest BCUT2D eigenvalue weighted by atomic mass is 10.2. The largest absolute Gasteiger partial charge is 0.481 e. The number of amides is 1. The molecule has 0 atom stereocenters. The number of rotatable bonds is 8. The van der Waals surface area contributed by atoms with Crippen molar-refractivity contribution >= 4 is 5.91 Å². The molecule has 1 aromatic rings. The Morgan fingerprint density at radius 3 is 2.30 bits per heavy atom. The van der Waals surface area contributed by atoms with Crippen molar-refractivity contribution in [3.8, 4) is 11.8 Å². The predicted octanol–water partition coefficient (Wildman–Crippen LogP) is 0.356. The van der Waals surface area contributed by atoms with Crippen molar-refractivity contribution in [2.45, 2.75) is 20.4 Å². The summed E-state index contributed by atoms with van der Waals surface area (Å²) in [7, 11) is 3.10. The Hall–Kier alpha value is -1.89. The van der Waals surface area contributed by atoms with E-state index in [-0.39, 0.29) is 11.8 Å². The summed E-state index contributed by atoms with van der Waals surface area (Å²) in [6, 6.07) is 0. The van der Waals surface area contributed by atoms with Gasteiger partial charge in [-0.3, -0.25) is 4.79 Å². The summed E-state index contributed by atoms with van der Waals surface area (Å²) >= 11 is 0. The number of ether oxygens (including phenoxy) is 2. The lowest BCUT2D eigenvalue weighted by Gasteiger charge is -2.12. The number of carbonyl (C=O) groups is 1. The number of aromatic nitrogens is 2. The Labute approximate surface area is 119 Å². The molecule has 0 bridgehead atoms. The third-order valence-corrected chi connectivity index (χ3v) is 2.68. The van der Waals surface area contributed by atoms with Crippen LogP contribution >= 0.6 is 0 Å². The number of methoxy groups -OCH3 is 2. The zero-order valence-electron chi connectivity index (χ0n) is 12.4. The molecule has 0 spiro atoms. The summed E-state index contributed by atoms with van der Waals surface area (Å²) in [5, 5.41) is 6.02. The third-order valence-electron chi connectivity index (χ3n) is 2.68. The molecule has 7 heteroatoms. The van der Waals surface area contributed by atoms with Crippen LogP contribution in [0.3, 0.4) is 0 Å². The molecule has 0 saturated heterocycles. The van der Waals surface area contributed by atoms with Gasteiger partial charge in [-0.2, -0.15) is 0 Å². The third kappa shape index (κ3) is 4.65. The molecule has 1 heterocycles. The molecule has 0 aliphatic rings. The van der Waals surface area contributed by atoms with Gasteiger partial charge in [0.25, 0.3) is 0 Å². The van der Waals surface area contributed by atoms with E-state index in [1.165, 1.54) is 6.33 Å². The lowest BCUT2D eigenvalue weighted by Crippen LogP contribution is -2.34. The summed E-state index contributed by atoms with van der Waals surface area (Å²) in [6.45, 7) is 5.43. The molecule has 1 rings (SSSR count). The van der Waals surface area contributed by atoms with Gasteiger partial charge in [0, 0.05) is 25.6 Å². The van der Waals surface area contributed by atoms with Crippen molar-refractivity contribution in [1.29, 1.82) is 0 Å².